The Balaban J connectivity index is 0.0000106. The van der Waals surface area contributed by atoms with Crippen LogP contribution in [0.4, 0.5) is 0 Å². The highest BCUT2D eigenvalue weighted by atomic mass is 79.9. The van der Waals surface area contributed by atoms with Crippen LogP contribution >= 0.6 is 0 Å². The van der Waals surface area contributed by atoms with Crippen LogP contribution in [0.2, 0.25) is 0 Å². The van der Waals surface area contributed by atoms with Gasteiger partial charge in [-0.15, -0.1) is 0 Å². The van der Waals surface area contributed by atoms with E-state index in [9.17, 15) is 10.2 Å². The summed E-state index contributed by atoms with van der Waals surface area (Å²) >= 11 is 0. The van der Waals surface area contributed by atoms with E-state index in [2.05, 4.69) is 35.4 Å². The second-order valence-corrected chi connectivity index (χ2v) is 13.3. The quantitative estimate of drug-likeness (QED) is 0.0945. The van der Waals surface area contributed by atoms with Gasteiger partial charge in [-0.2, -0.15) is 0 Å². The van der Waals surface area contributed by atoms with Crippen molar-refractivity contribution in [2.75, 3.05) is 26.4 Å². The van der Waals surface area contributed by atoms with Crippen LogP contribution in [0.1, 0.15) is 142 Å². The largest absolute Gasteiger partial charge is 1.00 e. The number of aliphatic hydroxyl groups excluding tert-OH is 2. The second-order valence-electron chi connectivity index (χ2n) is 13.3. The average molecular weight is 789 g/mol. The monoisotopic (exact) mass is 786 g/mol. The third-order valence-electron chi connectivity index (χ3n) is 8.96. The number of aliphatic hydroxyl groups is 2. The normalized spacial score (nSPS) is 11.1. The van der Waals surface area contributed by atoms with Crippen molar-refractivity contribution in [1.82, 2.24) is 0 Å². The molecule has 0 aromatic carbocycles. The Bertz CT molecular complexity index is 904. The van der Waals surface area contributed by atoms with Crippen LogP contribution < -0.4 is 52.6 Å². The van der Waals surface area contributed by atoms with E-state index in [0.717, 1.165) is 37.4 Å². The molecule has 0 saturated carbocycles. The number of pyridine rings is 2. The van der Waals surface area contributed by atoms with Crippen LogP contribution in [0.3, 0.4) is 0 Å². The van der Waals surface area contributed by atoms with Crippen LogP contribution in [0, 0.1) is 5.41 Å². The molecule has 0 bridgehead atoms. The highest BCUT2D eigenvalue weighted by Crippen LogP contribution is 2.21. The molecule has 0 aliphatic heterocycles. The van der Waals surface area contributed by atoms with E-state index in [1.165, 1.54) is 116 Å². The topological polar surface area (TPSA) is 66.7 Å². The minimum atomic E-state index is -0.894. The second kappa shape index (κ2) is 30.8. The van der Waals surface area contributed by atoms with Crippen molar-refractivity contribution in [3.05, 3.63) is 49.1 Å². The molecule has 2 aromatic heterocycles. The number of nitrogens with zero attached hydrogens (tertiary/aromatic N) is 2. The van der Waals surface area contributed by atoms with Crippen LogP contribution in [0.5, 0.6) is 11.5 Å². The van der Waals surface area contributed by atoms with Crippen LogP contribution in [0.25, 0.3) is 0 Å². The number of ether oxygens (including phenoxy) is 2. The Morgan fingerprint density at radius 2 is 0.830 bits per heavy atom. The van der Waals surface area contributed by atoms with E-state index in [-0.39, 0.29) is 60.4 Å². The summed E-state index contributed by atoms with van der Waals surface area (Å²) in [5.74, 6) is 1.48. The van der Waals surface area contributed by atoms with Crippen molar-refractivity contribution in [3.63, 3.8) is 0 Å². The minimum Gasteiger partial charge on any atom is -1.00 e. The molecule has 8 heteroatoms. The summed E-state index contributed by atoms with van der Waals surface area (Å²) in [7, 11) is 0. The van der Waals surface area contributed by atoms with E-state index < -0.39 is 5.41 Å². The molecule has 2 aromatic rings. The average Bonchev–Trinajstić information content (AvgIpc) is 3.07. The molecule has 0 atom stereocenters. The summed E-state index contributed by atoms with van der Waals surface area (Å²) < 4.78 is 16.5. The van der Waals surface area contributed by atoms with Gasteiger partial charge >= 0.3 is 0 Å². The fourth-order valence-corrected chi connectivity index (χ4v) is 5.76. The number of hydrogen-bond donors (Lipinski definition) is 2. The maximum Gasteiger partial charge on any atom is 0.211 e. The summed E-state index contributed by atoms with van der Waals surface area (Å²) in [6.45, 7) is 6.38. The SMILES string of the molecule is CCCCCCCCCCCC[n+]1cccc(OCC(CO)(CO)COc2ccc[n+](CCCCCCCCCCCC)c2)c1.[Br-].[Br-]. The Hall–Kier alpha value is -1.22. The van der Waals surface area contributed by atoms with Gasteiger partial charge in [0.1, 0.15) is 26.3 Å². The lowest BCUT2D eigenvalue weighted by atomic mass is 9.92. The molecule has 0 saturated heterocycles. The smallest absolute Gasteiger partial charge is 0.211 e. The lowest BCUT2D eigenvalue weighted by Gasteiger charge is -2.29. The summed E-state index contributed by atoms with van der Waals surface area (Å²) in [5, 5.41) is 20.5. The Morgan fingerprint density at radius 1 is 0.511 bits per heavy atom. The van der Waals surface area contributed by atoms with Gasteiger partial charge in [0.15, 0.2) is 23.9 Å². The van der Waals surface area contributed by atoms with Gasteiger partial charge < -0.3 is 53.6 Å². The number of hydrogen-bond acceptors (Lipinski definition) is 4. The molecular formula is C39H68Br2N2O4. The van der Waals surface area contributed by atoms with Crippen molar-refractivity contribution >= 4 is 0 Å². The highest BCUT2D eigenvalue weighted by molar-refractivity contribution is 5.14. The van der Waals surface area contributed by atoms with Crippen LogP contribution in [0.15, 0.2) is 49.1 Å². The van der Waals surface area contributed by atoms with Crippen molar-refractivity contribution < 1.29 is 62.8 Å². The number of unbranched alkanes of at least 4 members (excludes halogenated alkanes) is 18. The minimum absolute atomic E-state index is 0. The zero-order chi connectivity index (χ0) is 32.3. The molecular weight excluding hydrogens is 720 g/mol. The molecule has 2 N–H and O–H groups in total. The number of rotatable bonds is 30. The van der Waals surface area contributed by atoms with E-state index in [0.29, 0.717) is 0 Å². The first-order valence-corrected chi connectivity index (χ1v) is 18.6. The predicted octanol–water partition coefficient (Wildman–Crippen LogP) is 2.54. The predicted molar refractivity (Wildman–Crippen MR) is 185 cm³/mol. The summed E-state index contributed by atoms with van der Waals surface area (Å²) in [6.07, 6.45) is 34.8. The molecule has 2 heterocycles. The van der Waals surface area contributed by atoms with Gasteiger partial charge in [0.25, 0.3) is 0 Å². The Morgan fingerprint density at radius 3 is 1.15 bits per heavy atom. The Kier molecular flexibility index (Phi) is 30.0. The van der Waals surface area contributed by atoms with Gasteiger partial charge in [0, 0.05) is 25.0 Å². The first-order valence-electron chi connectivity index (χ1n) is 18.6. The van der Waals surface area contributed by atoms with Gasteiger partial charge in [-0.25, -0.2) is 9.13 Å². The number of aryl methyl sites for hydroxylation is 2. The highest BCUT2D eigenvalue weighted by Gasteiger charge is 2.32. The standard InChI is InChI=1S/C39H68N2O4.2BrH/c1-3-5-7-9-11-13-15-17-19-21-27-40-29-23-25-37(31-40)44-35-39(33-42,34-43)36-45-38-26-24-30-41(32-38)28-22-20-18-16-14-12-10-8-6-4-2;;/h23-26,29-32,42-43H,3-22,27-28,33-36H2,1-2H3;2*1H/q+2;;/p-2. The zero-order valence-corrected chi connectivity index (χ0v) is 33.0. The molecule has 0 aliphatic rings. The van der Waals surface area contributed by atoms with Crippen LogP contribution in [-0.4, -0.2) is 36.6 Å². The summed E-state index contributed by atoms with van der Waals surface area (Å²) in [5.41, 5.74) is -0.894. The molecule has 6 nitrogen and oxygen atoms in total. The lowest BCUT2D eigenvalue weighted by Crippen LogP contribution is -3.00. The fourth-order valence-electron chi connectivity index (χ4n) is 5.76. The van der Waals surface area contributed by atoms with Gasteiger partial charge in [-0.05, 0) is 25.0 Å². The maximum atomic E-state index is 10.2. The molecule has 0 aliphatic carbocycles. The van der Waals surface area contributed by atoms with Gasteiger partial charge in [0.2, 0.25) is 12.4 Å². The van der Waals surface area contributed by atoms with Gasteiger partial charge in [-0.1, -0.05) is 117 Å². The fraction of sp³-hybridized carbons (Fsp3) is 0.744. The van der Waals surface area contributed by atoms with E-state index in [1.807, 2.05) is 36.7 Å². The molecule has 0 spiro atoms. The molecule has 47 heavy (non-hydrogen) atoms. The van der Waals surface area contributed by atoms with Crippen molar-refractivity contribution in [1.29, 1.82) is 0 Å². The Labute approximate surface area is 309 Å². The van der Waals surface area contributed by atoms with Crippen molar-refractivity contribution in [2.45, 2.75) is 155 Å². The summed E-state index contributed by atoms with van der Waals surface area (Å²) in [4.78, 5) is 0. The first-order chi connectivity index (χ1) is 22.1. The van der Waals surface area contributed by atoms with Crippen LogP contribution in [-0.2, 0) is 13.1 Å². The summed E-state index contributed by atoms with van der Waals surface area (Å²) in [6, 6.07) is 7.87. The first kappa shape index (κ1) is 45.8. The van der Waals surface area contributed by atoms with Gasteiger partial charge in [0.05, 0.1) is 18.6 Å². The molecule has 272 valence electrons. The third-order valence-corrected chi connectivity index (χ3v) is 8.96. The van der Waals surface area contributed by atoms with Crippen molar-refractivity contribution in [2.24, 2.45) is 5.41 Å². The number of aromatic nitrogens is 2. The third kappa shape index (κ3) is 22.2. The molecule has 0 fully saturated rings. The maximum absolute atomic E-state index is 10.2. The molecule has 0 amide bonds. The van der Waals surface area contributed by atoms with E-state index >= 15 is 0 Å². The molecule has 0 unspecified atom stereocenters. The van der Waals surface area contributed by atoms with Gasteiger partial charge in [-0.3, -0.25) is 0 Å². The molecule has 2 rings (SSSR count). The van der Waals surface area contributed by atoms with E-state index in [4.69, 9.17) is 9.47 Å². The molecule has 0 radical (unpaired) electrons. The van der Waals surface area contributed by atoms with E-state index in [1.54, 1.807) is 0 Å². The van der Waals surface area contributed by atoms with Crippen molar-refractivity contribution in [3.8, 4) is 11.5 Å². The lowest BCUT2D eigenvalue weighted by molar-refractivity contribution is -0.697. The zero-order valence-electron chi connectivity index (χ0n) is 29.9. The number of halogens is 2.